The first kappa shape index (κ1) is 22.4. The van der Waals surface area contributed by atoms with Crippen LogP contribution in [0.3, 0.4) is 0 Å². The van der Waals surface area contributed by atoms with Crippen LogP contribution in [0.15, 0.2) is 59.7 Å². The number of guanidine groups is 1. The number of hydrogen-bond donors (Lipinski definition) is 3. The van der Waals surface area contributed by atoms with Gasteiger partial charge in [0.1, 0.15) is 0 Å². The Kier molecular flexibility index (Phi) is 8.17. The number of fused-ring (bicyclic) bond motifs is 1. The molecule has 170 valence electrons. The minimum atomic E-state index is 0.679. The van der Waals surface area contributed by atoms with Crippen LogP contribution in [0, 0.1) is 0 Å². The van der Waals surface area contributed by atoms with Crippen molar-refractivity contribution in [1.82, 2.24) is 20.5 Å². The number of nitrogens with one attached hydrogen (secondary N) is 3. The number of nitrogens with zero attached hydrogens (tertiary/aromatic N) is 2. The van der Waals surface area contributed by atoms with E-state index in [1.807, 2.05) is 0 Å². The second-order valence-corrected chi connectivity index (χ2v) is 8.24. The largest absolute Gasteiger partial charge is 0.379 e. The number of aromatic amines is 1. The van der Waals surface area contributed by atoms with E-state index in [2.05, 4.69) is 82.2 Å². The Morgan fingerprint density at radius 3 is 2.62 bits per heavy atom. The summed E-state index contributed by atoms with van der Waals surface area (Å²) in [6, 6.07) is 17.1. The summed E-state index contributed by atoms with van der Waals surface area (Å²) in [5, 5.41) is 8.21. The fourth-order valence-corrected chi connectivity index (χ4v) is 4.20. The number of rotatable bonds is 9. The van der Waals surface area contributed by atoms with Crippen molar-refractivity contribution < 1.29 is 4.74 Å². The topological polar surface area (TPSA) is 64.7 Å². The third-order valence-corrected chi connectivity index (χ3v) is 5.96. The number of morpholine rings is 1. The van der Waals surface area contributed by atoms with Crippen LogP contribution in [0.25, 0.3) is 10.9 Å². The summed E-state index contributed by atoms with van der Waals surface area (Å²) in [5.41, 5.74) is 5.23. The molecule has 0 atom stereocenters. The highest BCUT2D eigenvalue weighted by Crippen LogP contribution is 2.18. The SMILES string of the molecule is CCNC(=NCc1ccccc1CN1CCOCC1)NCCCc1c[nH]c2ccccc12. The molecule has 0 bridgehead atoms. The summed E-state index contributed by atoms with van der Waals surface area (Å²) in [4.78, 5) is 10.7. The van der Waals surface area contributed by atoms with E-state index in [1.54, 1.807) is 0 Å². The molecule has 0 amide bonds. The maximum absolute atomic E-state index is 5.48. The first-order valence-corrected chi connectivity index (χ1v) is 11.8. The highest BCUT2D eigenvalue weighted by atomic mass is 16.5. The van der Waals surface area contributed by atoms with Crippen LogP contribution in [0.1, 0.15) is 30.0 Å². The smallest absolute Gasteiger partial charge is 0.191 e. The number of aliphatic imine (C=N–C) groups is 1. The van der Waals surface area contributed by atoms with Crippen molar-refractivity contribution in [2.75, 3.05) is 39.4 Å². The van der Waals surface area contributed by atoms with E-state index in [-0.39, 0.29) is 0 Å². The Labute approximate surface area is 191 Å². The van der Waals surface area contributed by atoms with Crippen LogP contribution in [-0.2, 0) is 24.2 Å². The molecule has 0 saturated carbocycles. The Morgan fingerprint density at radius 2 is 1.78 bits per heavy atom. The summed E-state index contributed by atoms with van der Waals surface area (Å²) in [6.07, 6.45) is 4.23. The number of para-hydroxylation sites is 1. The summed E-state index contributed by atoms with van der Waals surface area (Å²) in [5.74, 6) is 0.882. The van der Waals surface area contributed by atoms with Gasteiger partial charge in [0, 0.05) is 49.8 Å². The summed E-state index contributed by atoms with van der Waals surface area (Å²) in [6.45, 7) is 9.14. The summed E-state index contributed by atoms with van der Waals surface area (Å²) in [7, 11) is 0. The van der Waals surface area contributed by atoms with Gasteiger partial charge in [-0.15, -0.1) is 0 Å². The molecule has 1 aliphatic rings. The zero-order valence-corrected chi connectivity index (χ0v) is 19.1. The molecule has 0 spiro atoms. The number of ether oxygens (including phenoxy) is 1. The minimum Gasteiger partial charge on any atom is -0.379 e. The molecular weight excluding hydrogens is 398 g/mol. The number of H-pyrrole nitrogens is 1. The molecule has 6 heteroatoms. The van der Waals surface area contributed by atoms with Gasteiger partial charge in [0.05, 0.1) is 19.8 Å². The van der Waals surface area contributed by atoms with Crippen LogP contribution in [0.2, 0.25) is 0 Å². The van der Waals surface area contributed by atoms with E-state index >= 15 is 0 Å². The molecule has 0 radical (unpaired) electrons. The van der Waals surface area contributed by atoms with Crippen molar-refractivity contribution in [3.63, 3.8) is 0 Å². The lowest BCUT2D eigenvalue weighted by Gasteiger charge is -2.27. The van der Waals surface area contributed by atoms with Crippen molar-refractivity contribution in [1.29, 1.82) is 0 Å². The Bertz CT molecular complexity index is 1010. The van der Waals surface area contributed by atoms with Gasteiger partial charge in [-0.1, -0.05) is 42.5 Å². The average molecular weight is 434 g/mol. The number of hydrogen-bond acceptors (Lipinski definition) is 3. The summed E-state index contributed by atoms with van der Waals surface area (Å²) < 4.78 is 5.48. The monoisotopic (exact) mass is 433 g/mol. The van der Waals surface area contributed by atoms with E-state index in [1.165, 1.54) is 27.6 Å². The zero-order chi connectivity index (χ0) is 22.0. The van der Waals surface area contributed by atoms with Crippen molar-refractivity contribution in [3.8, 4) is 0 Å². The zero-order valence-electron chi connectivity index (χ0n) is 19.1. The Balaban J connectivity index is 1.31. The van der Waals surface area contributed by atoms with Gasteiger partial charge in [-0.05, 0) is 42.5 Å². The van der Waals surface area contributed by atoms with Gasteiger partial charge in [-0.25, -0.2) is 4.99 Å². The molecule has 0 unspecified atom stereocenters. The summed E-state index contributed by atoms with van der Waals surface area (Å²) >= 11 is 0. The second kappa shape index (κ2) is 11.7. The fraction of sp³-hybridized carbons (Fsp3) is 0.423. The molecule has 2 heterocycles. The van der Waals surface area contributed by atoms with E-state index in [4.69, 9.17) is 9.73 Å². The lowest BCUT2D eigenvalue weighted by Crippen LogP contribution is -2.38. The molecule has 1 aromatic heterocycles. The molecule has 3 N–H and O–H groups in total. The van der Waals surface area contributed by atoms with E-state index in [9.17, 15) is 0 Å². The van der Waals surface area contributed by atoms with Crippen molar-refractivity contribution in [2.45, 2.75) is 32.9 Å². The standard InChI is InChI=1S/C26H35N5O/c1-2-27-26(28-13-7-10-22-19-29-25-12-6-5-11-24(22)25)30-18-21-8-3-4-9-23(21)20-31-14-16-32-17-15-31/h3-6,8-9,11-12,19,29H,2,7,10,13-18,20H2,1H3,(H2,27,28,30). The van der Waals surface area contributed by atoms with E-state index < -0.39 is 0 Å². The molecule has 1 aliphatic heterocycles. The van der Waals surface area contributed by atoms with Crippen molar-refractivity contribution in [2.24, 2.45) is 4.99 Å². The van der Waals surface area contributed by atoms with Crippen LogP contribution in [-0.4, -0.2) is 55.2 Å². The van der Waals surface area contributed by atoms with Gasteiger partial charge in [0.15, 0.2) is 5.96 Å². The van der Waals surface area contributed by atoms with Gasteiger partial charge in [-0.3, -0.25) is 4.90 Å². The van der Waals surface area contributed by atoms with Crippen molar-refractivity contribution in [3.05, 3.63) is 71.4 Å². The Morgan fingerprint density at radius 1 is 1.00 bits per heavy atom. The van der Waals surface area contributed by atoms with Crippen LogP contribution >= 0.6 is 0 Å². The minimum absolute atomic E-state index is 0.679. The van der Waals surface area contributed by atoms with Crippen LogP contribution in [0.5, 0.6) is 0 Å². The molecule has 6 nitrogen and oxygen atoms in total. The normalized spacial score (nSPS) is 15.2. The van der Waals surface area contributed by atoms with Gasteiger partial charge in [0.25, 0.3) is 0 Å². The quantitative estimate of drug-likeness (QED) is 0.274. The van der Waals surface area contributed by atoms with Crippen LogP contribution in [0.4, 0.5) is 0 Å². The van der Waals surface area contributed by atoms with E-state index in [0.717, 1.165) is 64.7 Å². The third kappa shape index (κ3) is 6.11. The fourth-order valence-electron chi connectivity index (χ4n) is 4.20. The average Bonchev–Trinajstić information content (AvgIpc) is 3.25. The van der Waals surface area contributed by atoms with Gasteiger partial charge in [-0.2, -0.15) is 0 Å². The molecule has 2 aromatic carbocycles. The molecule has 1 saturated heterocycles. The van der Waals surface area contributed by atoms with Gasteiger partial charge >= 0.3 is 0 Å². The van der Waals surface area contributed by atoms with Crippen molar-refractivity contribution >= 4 is 16.9 Å². The molecule has 1 fully saturated rings. The number of aromatic nitrogens is 1. The molecule has 32 heavy (non-hydrogen) atoms. The first-order chi connectivity index (χ1) is 15.8. The lowest BCUT2D eigenvalue weighted by molar-refractivity contribution is 0.0341. The highest BCUT2D eigenvalue weighted by molar-refractivity contribution is 5.83. The maximum atomic E-state index is 5.48. The Hall–Kier alpha value is -2.83. The molecule has 3 aromatic rings. The maximum Gasteiger partial charge on any atom is 0.191 e. The van der Waals surface area contributed by atoms with Gasteiger partial charge < -0.3 is 20.4 Å². The number of aryl methyl sites for hydroxylation is 1. The molecule has 0 aliphatic carbocycles. The predicted molar refractivity (Wildman–Crippen MR) is 132 cm³/mol. The predicted octanol–water partition coefficient (Wildman–Crippen LogP) is 3.69. The second-order valence-electron chi connectivity index (χ2n) is 8.24. The third-order valence-electron chi connectivity index (χ3n) is 5.96. The van der Waals surface area contributed by atoms with E-state index in [0.29, 0.717) is 6.54 Å². The molecule has 4 rings (SSSR count). The molecular formula is C26H35N5O. The number of benzene rings is 2. The van der Waals surface area contributed by atoms with Gasteiger partial charge in [0.2, 0.25) is 0 Å². The van der Waals surface area contributed by atoms with Crippen LogP contribution < -0.4 is 10.6 Å². The highest BCUT2D eigenvalue weighted by Gasteiger charge is 2.12. The first-order valence-electron chi connectivity index (χ1n) is 11.8. The lowest BCUT2D eigenvalue weighted by atomic mass is 10.1.